The van der Waals surface area contributed by atoms with Crippen molar-refractivity contribution in [3.8, 4) is 0 Å². The molecule has 0 atom stereocenters. The van der Waals surface area contributed by atoms with E-state index in [1.807, 2.05) is 12.1 Å². The highest BCUT2D eigenvalue weighted by molar-refractivity contribution is 6.34. The lowest BCUT2D eigenvalue weighted by Gasteiger charge is -2.28. The highest BCUT2D eigenvalue weighted by Crippen LogP contribution is 2.30. The smallest absolute Gasteiger partial charge is 0.292 e. The average Bonchev–Trinajstić information content (AvgIpc) is 2.30. The lowest BCUT2D eigenvalue weighted by atomic mass is 10.0. The molecule has 0 bridgehead atoms. The molecule has 3 amide bonds. The molecule has 4 nitrogen and oxygen atoms in total. The molecule has 0 aliphatic carbocycles. The fraction of sp³-hybridized carbons (Fsp3) is 0.385. The van der Waals surface area contributed by atoms with Crippen LogP contribution in [0.1, 0.15) is 31.7 Å². The summed E-state index contributed by atoms with van der Waals surface area (Å²) in [7, 11) is 0. The zero-order chi connectivity index (χ0) is 13.3. The second kappa shape index (κ2) is 4.98. The molecule has 0 radical (unpaired) electrons. The van der Waals surface area contributed by atoms with Crippen molar-refractivity contribution >= 4 is 29.2 Å². The van der Waals surface area contributed by atoms with Crippen molar-refractivity contribution < 1.29 is 9.59 Å². The maximum absolute atomic E-state index is 11.8. The van der Waals surface area contributed by atoms with Gasteiger partial charge in [-0.1, -0.05) is 31.5 Å². The number of hydrogen-bond acceptors (Lipinski definition) is 2. The summed E-state index contributed by atoms with van der Waals surface area (Å²) in [4.78, 5) is 24.4. The minimum absolute atomic E-state index is 0.243. The summed E-state index contributed by atoms with van der Waals surface area (Å²) in [5.74, 6) is 0.114. The van der Waals surface area contributed by atoms with Gasteiger partial charge >= 0.3 is 6.03 Å². The van der Waals surface area contributed by atoms with Gasteiger partial charge in [0, 0.05) is 13.0 Å². The average molecular weight is 267 g/mol. The first-order valence-electron chi connectivity index (χ1n) is 5.90. The van der Waals surface area contributed by atoms with E-state index in [0.29, 0.717) is 29.6 Å². The van der Waals surface area contributed by atoms with E-state index in [2.05, 4.69) is 19.2 Å². The van der Waals surface area contributed by atoms with E-state index < -0.39 is 6.03 Å². The number of benzene rings is 1. The van der Waals surface area contributed by atoms with Crippen molar-refractivity contribution in [1.29, 1.82) is 0 Å². The van der Waals surface area contributed by atoms with Crippen LogP contribution in [0.15, 0.2) is 18.2 Å². The first-order chi connectivity index (χ1) is 8.49. The van der Waals surface area contributed by atoms with Gasteiger partial charge in [-0.3, -0.25) is 15.0 Å². The Morgan fingerprint density at radius 1 is 1.33 bits per heavy atom. The van der Waals surface area contributed by atoms with Crippen LogP contribution < -0.4 is 10.2 Å². The van der Waals surface area contributed by atoms with E-state index in [0.717, 1.165) is 5.56 Å². The van der Waals surface area contributed by atoms with Gasteiger partial charge in [0.25, 0.3) is 0 Å². The topological polar surface area (TPSA) is 49.4 Å². The molecule has 1 aromatic carbocycles. The van der Waals surface area contributed by atoms with Gasteiger partial charge in [0.05, 0.1) is 10.7 Å². The normalized spacial score (nSPS) is 16.1. The van der Waals surface area contributed by atoms with Crippen molar-refractivity contribution in [3.05, 3.63) is 28.8 Å². The molecule has 1 heterocycles. The molecule has 5 heteroatoms. The molecule has 18 heavy (non-hydrogen) atoms. The van der Waals surface area contributed by atoms with Crippen LogP contribution in [0.3, 0.4) is 0 Å². The first-order valence-corrected chi connectivity index (χ1v) is 6.27. The van der Waals surface area contributed by atoms with Crippen LogP contribution in [0.2, 0.25) is 5.02 Å². The lowest BCUT2D eigenvalue weighted by molar-refractivity contribution is -0.120. The first kappa shape index (κ1) is 12.9. The van der Waals surface area contributed by atoms with E-state index >= 15 is 0 Å². The summed E-state index contributed by atoms with van der Waals surface area (Å²) in [5.41, 5.74) is 1.77. The number of carbonyl (C=O) groups excluding carboxylic acids is 2. The van der Waals surface area contributed by atoms with Gasteiger partial charge in [0.15, 0.2) is 0 Å². The van der Waals surface area contributed by atoms with Gasteiger partial charge in [0.1, 0.15) is 0 Å². The molecule has 0 aromatic heterocycles. The van der Waals surface area contributed by atoms with Crippen molar-refractivity contribution in [2.75, 3.05) is 11.4 Å². The molecular weight excluding hydrogens is 252 g/mol. The van der Waals surface area contributed by atoms with Gasteiger partial charge in [-0.05, 0) is 23.6 Å². The van der Waals surface area contributed by atoms with Crippen LogP contribution in [0.25, 0.3) is 0 Å². The number of hydrogen-bond donors (Lipinski definition) is 1. The summed E-state index contributed by atoms with van der Waals surface area (Å²) >= 11 is 6.13. The monoisotopic (exact) mass is 266 g/mol. The molecule has 96 valence electrons. The van der Waals surface area contributed by atoms with Gasteiger partial charge in [-0.25, -0.2) is 4.79 Å². The highest BCUT2D eigenvalue weighted by atomic mass is 35.5. The Morgan fingerprint density at radius 3 is 2.67 bits per heavy atom. The van der Waals surface area contributed by atoms with Crippen molar-refractivity contribution in [2.45, 2.75) is 26.2 Å². The van der Waals surface area contributed by atoms with Crippen LogP contribution >= 0.6 is 11.6 Å². The molecular formula is C13H15ClN2O2. The number of halogens is 1. The number of urea groups is 1. The molecule has 0 unspecified atom stereocenters. The molecule has 1 saturated heterocycles. The van der Waals surface area contributed by atoms with Crippen molar-refractivity contribution in [2.24, 2.45) is 0 Å². The number of carbonyl (C=O) groups is 2. The second-order valence-electron chi connectivity index (χ2n) is 4.62. The predicted molar refractivity (Wildman–Crippen MR) is 71.0 cm³/mol. The van der Waals surface area contributed by atoms with Crippen LogP contribution in [0.5, 0.6) is 0 Å². The zero-order valence-electron chi connectivity index (χ0n) is 10.4. The minimum Gasteiger partial charge on any atom is -0.292 e. The molecule has 0 saturated carbocycles. The molecule has 1 N–H and O–H groups in total. The third-order valence-electron chi connectivity index (χ3n) is 2.98. The van der Waals surface area contributed by atoms with Crippen molar-refractivity contribution in [3.63, 3.8) is 0 Å². The molecule has 2 rings (SSSR count). The molecule has 1 aliphatic heterocycles. The number of nitrogens with zero attached hydrogens (tertiary/aromatic N) is 1. The summed E-state index contributed by atoms with van der Waals surface area (Å²) in [6, 6.07) is 5.23. The summed E-state index contributed by atoms with van der Waals surface area (Å²) in [6.07, 6.45) is 0.300. The highest BCUT2D eigenvalue weighted by Gasteiger charge is 2.25. The Bertz CT molecular complexity index is 500. The van der Waals surface area contributed by atoms with Crippen molar-refractivity contribution in [1.82, 2.24) is 5.32 Å². The van der Waals surface area contributed by atoms with E-state index in [1.165, 1.54) is 4.90 Å². The summed E-state index contributed by atoms with van der Waals surface area (Å²) in [5, 5.41) is 2.81. The third-order valence-corrected chi connectivity index (χ3v) is 3.30. The SMILES string of the molecule is CC(C)c1ccc(Cl)c(N2CCC(=O)NC2=O)c1. The third kappa shape index (κ3) is 2.48. The minimum atomic E-state index is -0.408. The fourth-order valence-corrected chi connectivity index (χ4v) is 2.11. The van der Waals surface area contributed by atoms with Crippen LogP contribution in [-0.4, -0.2) is 18.5 Å². The molecule has 1 aliphatic rings. The van der Waals surface area contributed by atoms with E-state index in [9.17, 15) is 9.59 Å². The largest absolute Gasteiger partial charge is 0.328 e. The van der Waals surface area contributed by atoms with Gasteiger partial charge in [-0.2, -0.15) is 0 Å². The standard InChI is InChI=1S/C13H15ClN2O2/c1-8(2)9-3-4-10(14)11(7-9)16-6-5-12(17)15-13(16)18/h3-4,7-8H,5-6H2,1-2H3,(H,15,17,18). The van der Waals surface area contributed by atoms with E-state index in [-0.39, 0.29) is 5.91 Å². The van der Waals surface area contributed by atoms with Crippen LogP contribution in [0, 0.1) is 0 Å². The Balaban J connectivity index is 2.35. The van der Waals surface area contributed by atoms with Gasteiger partial charge in [-0.15, -0.1) is 0 Å². The Kier molecular flexibility index (Phi) is 3.57. The Labute approximate surface area is 111 Å². The lowest BCUT2D eigenvalue weighted by Crippen LogP contribution is -2.49. The molecule has 1 aromatic rings. The number of rotatable bonds is 2. The summed E-state index contributed by atoms with van der Waals surface area (Å²) in [6.45, 7) is 4.52. The van der Waals surface area contributed by atoms with Crippen LogP contribution in [-0.2, 0) is 4.79 Å². The quantitative estimate of drug-likeness (QED) is 0.895. The Morgan fingerprint density at radius 2 is 2.06 bits per heavy atom. The van der Waals surface area contributed by atoms with Gasteiger partial charge < -0.3 is 0 Å². The fourth-order valence-electron chi connectivity index (χ4n) is 1.89. The molecule has 0 spiro atoms. The van der Waals surface area contributed by atoms with E-state index in [4.69, 9.17) is 11.6 Å². The maximum atomic E-state index is 11.8. The number of imide groups is 1. The maximum Gasteiger partial charge on any atom is 0.328 e. The zero-order valence-corrected chi connectivity index (χ0v) is 11.1. The predicted octanol–water partition coefficient (Wildman–Crippen LogP) is 2.91. The van der Waals surface area contributed by atoms with Gasteiger partial charge in [0.2, 0.25) is 5.91 Å². The number of nitrogens with one attached hydrogen (secondary N) is 1. The summed E-state index contributed by atoms with van der Waals surface area (Å²) < 4.78 is 0. The number of amides is 3. The molecule has 1 fully saturated rings. The number of anilines is 1. The van der Waals surface area contributed by atoms with E-state index in [1.54, 1.807) is 6.07 Å². The Hall–Kier alpha value is -1.55. The second-order valence-corrected chi connectivity index (χ2v) is 5.03. The van der Waals surface area contributed by atoms with Crippen LogP contribution in [0.4, 0.5) is 10.5 Å².